The molecule has 0 spiro atoms. The molecule has 30 heavy (non-hydrogen) atoms. The third-order valence-corrected chi connectivity index (χ3v) is 5.65. The number of benzene rings is 1. The van der Waals surface area contributed by atoms with Crippen LogP contribution in [0.5, 0.6) is 0 Å². The van der Waals surface area contributed by atoms with Crippen molar-refractivity contribution in [2.24, 2.45) is 11.8 Å². The first-order valence-corrected chi connectivity index (χ1v) is 9.89. The average molecular weight is 425 g/mol. The highest BCUT2D eigenvalue weighted by Gasteiger charge is 2.57. The molecule has 1 unspecified atom stereocenters. The number of nitrogens with one attached hydrogen (secondary N) is 1. The maximum Gasteiger partial charge on any atom is 0.414 e. The molecule has 8 nitrogen and oxygen atoms in total. The van der Waals surface area contributed by atoms with E-state index in [1.165, 1.54) is 0 Å². The van der Waals surface area contributed by atoms with Crippen LogP contribution < -0.4 is 15.1 Å². The topological polar surface area (TPSA) is 91.3 Å². The van der Waals surface area contributed by atoms with Gasteiger partial charge in [0.05, 0.1) is 18.3 Å². The van der Waals surface area contributed by atoms with Crippen molar-refractivity contribution in [1.29, 1.82) is 0 Å². The lowest BCUT2D eigenvalue weighted by Gasteiger charge is -2.26. The fraction of sp³-hybridized carbons (Fsp3) is 0.600. The summed E-state index contributed by atoms with van der Waals surface area (Å²) in [5.41, 5.74) is -0.746. The number of fused-ring (bicyclic) bond motifs is 1. The Hall–Kier alpha value is -2.62. The fourth-order valence-corrected chi connectivity index (χ4v) is 4.27. The van der Waals surface area contributed by atoms with Crippen molar-refractivity contribution in [3.63, 3.8) is 0 Å². The first-order valence-electron chi connectivity index (χ1n) is 9.89. The molecule has 1 aromatic carbocycles. The van der Waals surface area contributed by atoms with Crippen molar-refractivity contribution in [2.75, 3.05) is 36.1 Å². The van der Waals surface area contributed by atoms with Crippen LogP contribution in [-0.2, 0) is 9.47 Å². The van der Waals surface area contributed by atoms with E-state index in [0.717, 1.165) is 17.0 Å². The zero-order valence-electron chi connectivity index (χ0n) is 17.0. The number of rotatable bonds is 4. The van der Waals surface area contributed by atoms with E-state index in [-0.39, 0.29) is 42.5 Å². The van der Waals surface area contributed by atoms with Crippen LogP contribution in [-0.4, -0.2) is 61.3 Å². The Morgan fingerprint density at radius 2 is 1.87 bits per heavy atom. The summed E-state index contributed by atoms with van der Waals surface area (Å²) in [4.78, 5) is 26.4. The minimum Gasteiger partial charge on any atom is -0.447 e. The van der Waals surface area contributed by atoms with Gasteiger partial charge in [0.2, 0.25) is 0 Å². The number of hydrogen-bond acceptors (Lipinski definition) is 6. The second kappa shape index (κ2) is 7.26. The molecule has 0 bridgehead atoms. The molecule has 2 amide bonds. The summed E-state index contributed by atoms with van der Waals surface area (Å²) in [6.07, 6.45) is -1.25. The molecule has 2 aliphatic heterocycles. The van der Waals surface area contributed by atoms with Gasteiger partial charge in [-0.1, -0.05) is 0 Å². The van der Waals surface area contributed by atoms with Gasteiger partial charge in [0.15, 0.2) is 11.6 Å². The van der Waals surface area contributed by atoms with Gasteiger partial charge in [-0.25, -0.2) is 18.4 Å². The molecule has 2 N–H and O–H groups in total. The number of ether oxygens (including phenoxy) is 2. The number of halogens is 2. The number of anilines is 2. The predicted octanol–water partition coefficient (Wildman–Crippen LogP) is 2.24. The van der Waals surface area contributed by atoms with E-state index in [9.17, 15) is 23.5 Å². The maximum absolute atomic E-state index is 14.8. The number of cyclic esters (lactones) is 1. The molecule has 2 heterocycles. The van der Waals surface area contributed by atoms with E-state index in [1.54, 1.807) is 25.7 Å². The monoisotopic (exact) mass is 425 g/mol. The van der Waals surface area contributed by atoms with Gasteiger partial charge in [0.1, 0.15) is 17.9 Å². The zero-order valence-corrected chi connectivity index (χ0v) is 17.0. The van der Waals surface area contributed by atoms with E-state index in [1.807, 2.05) is 0 Å². The Morgan fingerprint density at radius 1 is 1.27 bits per heavy atom. The summed E-state index contributed by atoms with van der Waals surface area (Å²) >= 11 is 0. The maximum atomic E-state index is 14.8. The lowest BCUT2D eigenvalue weighted by Crippen LogP contribution is -2.38. The highest BCUT2D eigenvalue weighted by atomic mass is 19.1. The quantitative estimate of drug-likeness (QED) is 0.769. The van der Waals surface area contributed by atoms with Crippen molar-refractivity contribution in [1.82, 2.24) is 5.32 Å². The summed E-state index contributed by atoms with van der Waals surface area (Å²) in [7, 11) is 0. The molecule has 2 saturated heterocycles. The smallest absolute Gasteiger partial charge is 0.414 e. The van der Waals surface area contributed by atoms with Crippen LogP contribution in [0, 0.1) is 23.5 Å². The van der Waals surface area contributed by atoms with Gasteiger partial charge in [-0.2, -0.15) is 0 Å². The second-order valence-electron chi connectivity index (χ2n) is 8.95. The van der Waals surface area contributed by atoms with E-state index in [0.29, 0.717) is 13.1 Å². The molecule has 1 aromatic rings. The van der Waals surface area contributed by atoms with Crippen molar-refractivity contribution < 1.29 is 33.0 Å². The Morgan fingerprint density at radius 3 is 2.40 bits per heavy atom. The van der Waals surface area contributed by atoms with Gasteiger partial charge >= 0.3 is 12.2 Å². The Labute approximate surface area is 172 Å². The minimum absolute atomic E-state index is 0.00382. The number of amides is 2. The van der Waals surface area contributed by atoms with Crippen LogP contribution >= 0.6 is 0 Å². The number of aliphatic hydroxyl groups excluding tert-OH is 1. The second-order valence-corrected chi connectivity index (χ2v) is 8.95. The molecule has 4 rings (SSSR count). The average Bonchev–Trinajstić information content (AvgIpc) is 2.96. The van der Waals surface area contributed by atoms with Gasteiger partial charge in [0, 0.05) is 43.1 Å². The first-order chi connectivity index (χ1) is 14.1. The minimum atomic E-state index is -0.792. The standard InChI is InChI=1S/C20H25F2N3O5/c1-20(2,3)30-18(27)23-16-12-6-24(7-13(12)16)17-14(21)4-10(5-15(17)22)25-11(8-26)9-29-19(25)28/h4-5,11-13,16,26H,6-9H2,1-3H3,(H,23,27)/t11-,12-,13+,16?/m1/s1. The van der Waals surface area contributed by atoms with Gasteiger partial charge in [-0.15, -0.1) is 0 Å². The van der Waals surface area contributed by atoms with Gasteiger partial charge in [-0.05, 0) is 20.8 Å². The predicted molar refractivity (Wildman–Crippen MR) is 103 cm³/mol. The SMILES string of the molecule is CC(C)(C)OC(=O)NC1[C@H]2CN(c3c(F)cc(N4C(=O)OC[C@H]4CO)cc3F)C[C@@H]12. The summed E-state index contributed by atoms with van der Waals surface area (Å²) in [6.45, 7) is 5.73. The van der Waals surface area contributed by atoms with Crippen LogP contribution in [0.1, 0.15) is 20.8 Å². The molecule has 3 aliphatic rings. The Balaban J connectivity index is 1.42. The summed E-state index contributed by atoms with van der Waals surface area (Å²) in [5, 5.41) is 12.2. The van der Waals surface area contributed by atoms with Gasteiger partial charge in [0.25, 0.3) is 0 Å². The van der Waals surface area contributed by atoms with Crippen LogP contribution in [0.3, 0.4) is 0 Å². The molecule has 10 heteroatoms. The fourth-order valence-electron chi connectivity index (χ4n) is 4.27. The Bertz CT molecular complexity index is 839. The number of piperidine rings is 1. The van der Waals surface area contributed by atoms with Crippen molar-refractivity contribution in [2.45, 2.75) is 38.5 Å². The van der Waals surface area contributed by atoms with Crippen LogP contribution in [0.15, 0.2) is 12.1 Å². The number of carbonyl (C=O) groups excluding carboxylic acids is 2. The highest BCUT2D eigenvalue weighted by Crippen LogP contribution is 2.48. The normalized spacial score (nSPS) is 27.7. The molecule has 3 fully saturated rings. The lowest BCUT2D eigenvalue weighted by atomic mass is 10.2. The molecule has 1 aliphatic carbocycles. The van der Waals surface area contributed by atoms with Gasteiger partial charge < -0.3 is 24.8 Å². The van der Waals surface area contributed by atoms with E-state index in [4.69, 9.17) is 9.47 Å². The van der Waals surface area contributed by atoms with Crippen molar-refractivity contribution >= 4 is 23.6 Å². The highest BCUT2D eigenvalue weighted by molar-refractivity contribution is 5.90. The van der Waals surface area contributed by atoms with Crippen molar-refractivity contribution in [3.05, 3.63) is 23.8 Å². The van der Waals surface area contributed by atoms with E-state index >= 15 is 0 Å². The molecule has 1 saturated carbocycles. The number of alkyl carbamates (subject to hydrolysis) is 1. The molecular weight excluding hydrogens is 400 g/mol. The largest absolute Gasteiger partial charge is 0.447 e. The third kappa shape index (κ3) is 3.76. The van der Waals surface area contributed by atoms with E-state index in [2.05, 4.69) is 5.32 Å². The van der Waals surface area contributed by atoms with Crippen LogP contribution in [0.4, 0.5) is 29.7 Å². The van der Waals surface area contributed by atoms with Crippen LogP contribution in [0.2, 0.25) is 0 Å². The number of hydrogen-bond donors (Lipinski definition) is 2. The molecule has 164 valence electrons. The number of carbonyl (C=O) groups is 2. The van der Waals surface area contributed by atoms with E-state index < -0.39 is 35.5 Å². The molecule has 0 aromatic heterocycles. The number of nitrogens with zero attached hydrogens (tertiary/aromatic N) is 2. The molecule has 0 radical (unpaired) electrons. The molecular formula is C20H25F2N3O5. The summed E-state index contributed by atoms with van der Waals surface area (Å²) in [6, 6.07) is 1.41. The first kappa shape index (κ1) is 20.6. The third-order valence-electron chi connectivity index (χ3n) is 5.65. The summed E-state index contributed by atoms with van der Waals surface area (Å²) < 4.78 is 39.7. The lowest BCUT2D eigenvalue weighted by molar-refractivity contribution is 0.0518. The zero-order chi connectivity index (χ0) is 21.8. The Kier molecular flexibility index (Phi) is 5.00. The number of aliphatic hydroxyl groups is 1. The van der Waals surface area contributed by atoms with Gasteiger partial charge in [-0.3, -0.25) is 4.90 Å². The van der Waals surface area contributed by atoms with Crippen molar-refractivity contribution in [3.8, 4) is 0 Å². The molecule has 4 atom stereocenters. The van der Waals surface area contributed by atoms with Crippen LogP contribution in [0.25, 0.3) is 0 Å². The summed E-state index contributed by atoms with van der Waals surface area (Å²) in [5.74, 6) is -1.38.